The molecule has 0 saturated carbocycles. The molecule has 0 N–H and O–H groups in total. The first-order valence-electron chi connectivity index (χ1n) is 4.38. The SMILES string of the molecule is CC(C)CC(C)CCC(F)(F)F. The summed E-state index contributed by atoms with van der Waals surface area (Å²) in [5.74, 6) is 0.680. The van der Waals surface area contributed by atoms with Crippen LogP contribution in [0.1, 0.15) is 40.0 Å². The van der Waals surface area contributed by atoms with Crippen molar-refractivity contribution in [3.8, 4) is 0 Å². The maximum absolute atomic E-state index is 11.8. The normalized spacial score (nSPS) is 15.2. The minimum atomic E-state index is -3.98. The van der Waals surface area contributed by atoms with Crippen LogP contribution in [0.3, 0.4) is 0 Å². The van der Waals surface area contributed by atoms with E-state index in [4.69, 9.17) is 0 Å². The second-order valence-corrected chi connectivity index (χ2v) is 3.89. The summed E-state index contributed by atoms with van der Waals surface area (Å²) in [4.78, 5) is 0. The van der Waals surface area contributed by atoms with Crippen molar-refractivity contribution in [3.63, 3.8) is 0 Å². The van der Waals surface area contributed by atoms with Gasteiger partial charge in [0.1, 0.15) is 0 Å². The summed E-state index contributed by atoms with van der Waals surface area (Å²) in [7, 11) is 0. The third-order valence-electron chi connectivity index (χ3n) is 1.79. The van der Waals surface area contributed by atoms with Gasteiger partial charge in [-0.3, -0.25) is 0 Å². The second-order valence-electron chi connectivity index (χ2n) is 3.89. The first-order valence-corrected chi connectivity index (χ1v) is 4.38. The average molecular weight is 182 g/mol. The molecule has 0 amide bonds. The molecule has 74 valence electrons. The largest absolute Gasteiger partial charge is 0.389 e. The predicted molar refractivity (Wildman–Crippen MR) is 43.9 cm³/mol. The van der Waals surface area contributed by atoms with Gasteiger partial charge in [0.05, 0.1) is 0 Å². The molecule has 12 heavy (non-hydrogen) atoms. The molecule has 0 fully saturated rings. The average Bonchev–Trinajstić information content (AvgIpc) is 1.80. The molecule has 0 nitrogen and oxygen atoms in total. The monoisotopic (exact) mass is 182 g/mol. The summed E-state index contributed by atoms with van der Waals surface area (Å²) in [5, 5.41) is 0. The summed E-state index contributed by atoms with van der Waals surface area (Å²) < 4.78 is 35.3. The van der Waals surface area contributed by atoms with Crippen molar-refractivity contribution in [1.29, 1.82) is 0 Å². The minimum absolute atomic E-state index is 0.187. The molecular weight excluding hydrogens is 165 g/mol. The first-order chi connectivity index (χ1) is 5.31. The van der Waals surface area contributed by atoms with E-state index < -0.39 is 12.6 Å². The Morgan fingerprint density at radius 1 is 1.08 bits per heavy atom. The van der Waals surface area contributed by atoms with E-state index in [9.17, 15) is 13.2 Å². The quantitative estimate of drug-likeness (QED) is 0.616. The van der Waals surface area contributed by atoms with Crippen LogP contribution in [-0.2, 0) is 0 Å². The van der Waals surface area contributed by atoms with Crippen LogP contribution >= 0.6 is 0 Å². The topological polar surface area (TPSA) is 0 Å². The van der Waals surface area contributed by atoms with Crippen LogP contribution in [0.4, 0.5) is 13.2 Å². The van der Waals surface area contributed by atoms with Crippen LogP contribution in [0.2, 0.25) is 0 Å². The molecule has 0 aromatic carbocycles. The second kappa shape index (κ2) is 4.73. The van der Waals surface area contributed by atoms with Gasteiger partial charge in [0.2, 0.25) is 0 Å². The van der Waals surface area contributed by atoms with E-state index in [1.807, 2.05) is 20.8 Å². The summed E-state index contributed by atoms with van der Waals surface area (Å²) in [5.41, 5.74) is 0. The fraction of sp³-hybridized carbons (Fsp3) is 1.00. The Morgan fingerprint density at radius 3 is 1.92 bits per heavy atom. The molecule has 1 atom stereocenters. The molecule has 0 radical (unpaired) electrons. The fourth-order valence-corrected chi connectivity index (χ4v) is 1.33. The highest BCUT2D eigenvalue weighted by Crippen LogP contribution is 2.26. The van der Waals surface area contributed by atoms with Gasteiger partial charge in [-0.2, -0.15) is 13.2 Å². The Hall–Kier alpha value is -0.210. The van der Waals surface area contributed by atoms with Gasteiger partial charge in [-0.15, -0.1) is 0 Å². The number of hydrogen-bond donors (Lipinski definition) is 0. The van der Waals surface area contributed by atoms with Gasteiger partial charge in [0.25, 0.3) is 0 Å². The van der Waals surface area contributed by atoms with Crippen LogP contribution in [0.25, 0.3) is 0 Å². The summed E-state index contributed by atoms with van der Waals surface area (Å²) in [6, 6.07) is 0. The molecule has 0 aliphatic heterocycles. The van der Waals surface area contributed by atoms with Crippen LogP contribution < -0.4 is 0 Å². The maximum atomic E-state index is 11.8. The molecule has 0 aliphatic carbocycles. The molecule has 3 heteroatoms. The molecule has 0 aromatic heterocycles. The lowest BCUT2D eigenvalue weighted by Gasteiger charge is -2.14. The molecule has 0 aromatic rings. The van der Waals surface area contributed by atoms with Crippen LogP contribution in [0, 0.1) is 11.8 Å². The van der Waals surface area contributed by atoms with Gasteiger partial charge in [0.15, 0.2) is 0 Å². The van der Waals surface area contributed by atoms with Gasteiger partial charge in [-0.25, -0.2) is 0 Å². The molecule has 0 saturated heterocycles. The number of hydrogen-bond acceptors (Lipinski definition) is 0. The van der Waals surface area contributed by atoms with E-state index in [1.165, 1.54) is 0 Å². The van der Waals surface area contributed by atoms with Crippen LogP contribution in [0.5, 0.6) is 0 Å². The van der Waals surface area contributed by atoms with Crippen molar-refractivity contribution in [2.75, 3.05) is 0 Å². The minimum Gasteiger partial charge on any atom is -0.171 e. The molecule has 0 spiro atoms. The van der Waals surface area contributed by atoms with Crippen molar-refractivity contribution >= 4 is 0 Å². The number of alkyl halides is 3. The Bertz CT molecular complexity index is 115. The maximum Gasteiger partial charge on any atom is 0.389 e. The third-order valence-corrected chi connectivity index (χ3v) is 1.79. The molecule has 0 rings (SSSR count). The molecule has 0 bridgehead atoms. The number of rotatable bonds is 4. The van der Waals surface area contributed by atoms with Crippen molar-refractivity contribution < 1.29 is 13.2 Å². The van der Waals surface area contributed by atoms with Gasteiger partial charge in [-0.05, 0) is 24.7 Å². The standard InChI is InChI=1S/C9H17F3/c1-7(2)6-8(3)4-5-9(10,11)12/h7-8H,4-6H2,1-3H3. The lowest BCUT2D eigenvalue weighted by Crippen LogP contribution is -2.10. The highest BCUT2D eigenvalue weighted by Gasteiger charge is 2.27. The van der Waals surface area contributed by atoms with Crippen molar-refractivity contribution in [2.24, 2.45) is 11.8 Å². The van der Waals surface area contributed by atoms with Gasteiger partial charge in [0, 0.05) is 6.42 Å². The van der Waals surface area contributed by atoms with Crippen molar-refractivity contribution in [2.45, 2.75) is 46.2 Å². The molecule has 0 aliphatic rings. The van der Waals surface area contributed by atoms with Gasteiger partial charge >= 0.3 is 6.18 Å². The van der Waals surface area contributed by atoms with Crippen molar-refractivity contribution in [1.82, 2.24) is 0 Å². The highest BCUT2D eigenvalue weighted by atomic mass is 19.4. The van der Waals surface area contributed by atoms with E-state index in [0.29, 0.717) is 5.92 Å². The smallest absolute Gasteiger partial charge is 0.171 e. The van der Waals surface area contributed by atoms with E-state index in [1.54, 1.807) is 0 Å². The van der Waals surface area contributed by atoms with E-state index in [0.717, 1.165) is 6.42 Å². The Kier molecular flexibility index (Phi) is 4.64. The zero-order chi connectivity index (χ0) is 9.78. The van der Waals surface area contributed by atoms with E-state index >= 15 is 0 Å². The fourth-order valence-electron chi connectivity index (χ4n) is 1.33. The molecular formula is C9H17F3. The lowest BCUT2D eigenvalue weighted by atomic mass is 9.95. The Morgan fingerprint density at radius 2 is 1.58 bits per heavy atom. The van der Waals surface area contributed by atoms with Crippen molar-refractivity contribution in [3.05, 3.63) is 0 Å². The zero-order valence-electron chi connectivity index (χ0n) is 7.91. The zero-order valence-corrected chi connectivity index (χ0v) is 7.91. The van der Waals surface area contributed by atoms with Crippen LogP contribution in [0.15, 0.2) is 0 Å². The Balaban J connectivity index is 3.51. The van der Waals surface area contributed by atoms with Gasteiger partial charge < -0.3 is 0 Å². The summed E-state index contributed by atoms with van der Waals surface area (Å²) in [6.07, 6.45) is -3.47. The highest BCUT2D eigenvalue weighted by molar-refractivity contribution is 4.59. The number of halogens is 3. The van der Waals surface area contributed by atoms with Crippen LogP contribution in [-0.4, -0.2) is 6.18 Å². The predicted octanol–water partition coefficient (Wildman–Crippen LogP) is 4.01. The first kappa shape index (κ1) is 11.8. The van der Waals surface area contributed by atoms with E-state index in [-0.39, 0.29) is 12.3 Å². The Labute approximate surface area is 72.2 Å². The third kappa shape index (κ3) is 7.89. The summed E-state index contributed by atoms with van der Waals surface area (Å²) >= 11 is 0. The summed E-state index contributed by atoms with van der Waals surface area (Å²) in [6.45, 7) is 5.94. The lowest BCUT2D eigenvalue weighted by molar-refractivity contribution is -0.137. The molecule has 1 unspecified atom stereocenters. The van der Waals surface area contributed by atoms with E-state index in [2.05, 4.69) is 0 Å². The molecule has 0 heterocycles. The van der Waals surface area contributed by atoms with Gasteiger partial charge in [-0.1, -0.05) is 20.8 Å².